The highest BCUT2D eigenvalue weighted by atomic mass is 32.2. The summed E-state index contributed by atoms with van der Waals surface area (Å²) in [7, 11) is 0. The van der Waals surface area contributed by atoms with Crippen LogP contribution in [-0.4, -0.2) is 38.1 Å². The Bertz CT molecular complexity index is 1240. The van der Waals surface area contributed by atoms with E-state index in [1.165, 1.54) is 16.4 Å². The van der Waals surface area contributed by atoms with Crippen LogP contribution in [0.25, 0.3) is 10.8 Å². The van der Waals surface area contributed by atoms with E-state index in [2.05, 4.69) is 20.8 Å². The standard InChI is InChI=1S/C24H23N5O3S/c1-2-20(25-24(31)32-16-17-9-4-3-5-10-17)21(30)15-29-23(26-27-28-29)33-22-14-8-12-18-11-6-7-13-19(18)22/h3-14,20H,2,15-16H2,1H3,(H,25,31). The number of amides is 1. The lowest BCUT2D eigenvalue weighted by atomic mass is 10.1. The molecule has 1 N–H and O–H groups in total. The molecule has 1 aromatic heterocycles. The number of alkyl carbamates (subject to hydrolysis) is 1. The van der Waals surface area contributed by atoms with Crippen LogP contribution < -0.4 is 5.32 Å². The summed E-state index contributed by atoms with van der Waals surface area (Å²) in [4.78, 5) is 26.1. The van der Waals surface area contributed by atoms with Crippen molar-refractivity contribution >= 4 is 34.4 Å². The molecule has 33 heavy (non-hydrogen) atoms. The highest BCUT2D eigenvalue weighted by Gasteiger charge is 2.22. The number of ether oxygens (including phenoxy) is 1. The van der Waals surface area contributed by atoms with Gasteiger partial charge in [0.1, 0.15) is 13.2 Å². The Morgan fingerprint density at radius 3 is 2.61 bits per heavy atom. The van der Waals surface area contributed by atoms with Crippen molar-refractivity contribution < 1.29 is 14.3 Å². The number of carbonyl (C=O) groups is 2. The van der Waals surface area contributed by atoms with Gasteiger partial charge in [0, 0.05) is 4.90 Å². The minimum atomic E-state index is -0.701. The fourth-order valence-corrected chi connectivity index (χ4v) is 4.25. The summed E-state index contributed by atoms with van der Waals surface area (Å²) in [5, 5.41) is 17.1. The maximum absolute atomic E-state index is 12.9. The van der Waals surface area contributed by atoms with Gasteiger partial charge in [-0.15, -0.1) is 5.10 Å². The van der Waals surface area contributed by atoms with E-state index in [0.29, 0.717) is 11.6 Å². The number of ketones is 1. The largest absolute Gasteiger partial charge is 0.445 e. The first-order valence-corrected chi connectivity index (χ1v) is 11.4. The third kappa shape index (κ3) is 5.75. The number of hydrogen-bond acceptors (Lipinski definition) is 7. The average Bonchev–Trinajstić information content (AvgIpc) is 3.28. The number of hydrogen-bond donors (Lipinski definition) is 1. The highest BCUT2D eigenvalue weighted by molar-refractivity contribution is 7.99. The lowest BCUT2D eigenvalue weighted by Gasteiger charge is -2.16. The Kier molecular flexibility index (Phi) is 7.31. The quantitative estimate of drug-likeness (QED) is 0.398. The number of nitrogens with one attached hydrogen (secondary N) is 1. The summed E-state index contributed by atoms with van der Waals surface area (Å²) < 4.78 is 6.69. The van der Waals surface area contributed by atoms with E-state index in [4.69, 9.17) is 4.74 Å². The molecule has 168 valence electrons. The van der Waals surface area contributed by atoms with Crippen LogP contribution >= 0.6 is 11.8 Å². The number of benzene rings is 3. The van der Waals surface area contributed by atoms with Crippen LogP contribution in [0.3, 0.4) is 0 Å². The molecule has 3 aromatic carbocycles. The van der Waals surface area contributed by atoms with Crippen molar-refractivity contribution in [2.24, 2.45) is 0 Å². The van der Waals surface area contributed by atoms with Crippen LogP contribution in [0.2, 0.25) is 0 Å². The lowest BCUT2D eigenvalue weighted by molar-refractivity contribution is -0.122. The number of rotatable bonds is 9. The topological polar surface area (TPSA) is 99.0 Å². The summed E-state index contributed by atoms with van der Waals surface area (Å²) in [5.74, 6) is -0.207. The van der Waals surface area contributed by atoms with Crippen LogP contribution in [-0.2, 0) is 22.7 Å². The molecule has 1 atom stereocenters. The van der Waals surface area contributed by atoms with Gasteiger partial charge in [-0.2, -0.15) is 0 Å². The average molecular weight is 462 g/mol. The van der Waals surface area contributed by atoms with Crippen molar-refractivity contribution in [2.45, 2.75) is 42.6 Å². The Balaban J connectivity index is 1.38. The Labute approximate surface area is 195 Å². The monoisotopic (exact) mass is 461 g/mol. The number of aromatic nitrogens is 4. The normalized spacial score (nSPS) is 11.8. The molecule has 0 saturated carbocycles. The number of carbonyl (C=O) groups excluding carboxylic acids is 2. The van der Waals surface area contributed by atoms with Crippen LogP contribution in [0.1, 0.15) is 18.9 Å². The minimum absolute atomic E-state index is 0.0580. The van der Waals surface area contributed by atoms with Gasteiger partial charge in [0.2, 0.25) is 5.16 Å². The molecule has 1 amide bonds. The third-order valence-corrected chi connectivity index (χ3v) is 6.11. The summed E-state index contributed by atoms with van der Waals surface area (Å²) in [5.41, 5.74) is 0.871. The SMILES string of the molecule is CCC(NC(=O)OCc1ccccc1)C(=O)Cn1nnnc1Sc1cccc2ccccc12. The van der Waals surface area contributed by atoms with Gasteiger partial charge < -0.3 is 10.1 Å². The number of Topliss-reactive ketones (excluding diaryl/α,β-unsaturated/α-hetero) is 1. The van der Waals surface area contributed by atoms with E-state index in [9.17, 15) is 9.59 Å². The molecule has 0 aliphatic heterocycles. The highest BCUT2D eigenvalue weighted by Crippen LogP contribution is 2.32. The fourth-order valence-electron chi connectivity index (χ4n) is 3.33. The number of tetrazole rings is 1. The number of fused-ring (bicyclic) bond motifs is 1. The van der Waals surface area contributed by atoms with Gasteiger partial charge >= 0.3 is 6.09 Å². The zero-order chi connectivity index (χ0) is 23.0. The van der Waals surface area contributed by atoms with E-state index in [-0.39, 0.29) is 18.9 Å². The summed E-state index contributed by atoms with van der Waals surface area (Å²) in [6.07, 6.45) is -0.214. The van der Waals surface area contributed by atoms with Gasteiger partial charge in [-0.05, 0) is 51.0 Å². The second-order valence-electron chi connectivity index (χ2n) is 7.33. The first-order chi connectivity index (χ1) is 16.1. The van der Waals surface area contributed by atoms with Gasteiger partial charge in [-0.1, -0.05) is 73.7 Å². The Morgan fingerprint density at radius 2 is 1.79 bits per heavy atom. The predicted molar refractivity (Wildman–Crippen MR) is 125 cm³/mol. The maximum atomic E-state index is 12.9. The molecule has 0 aliphatic carbocycles. The lowest BCUT2D eigenvalue weighted by Crippen LogP contribution is -2.42. The van der Waals surface area contributed by atoms with Crippen LogP contribution in [0.15, 0.2) is 82.8 Å². The molecule has 0 fully saturated rings. The van der Waals surface area contributed by atoms with Gasteiger partial charge in [0.25, 0.3) is 0 Å². The van der Waals surface area contributed by atoms with Crippen molar-refractivity contribution in [1.82, 2.24) is 25.5 Å². The smallest absolute Gasteiger partial charge is 0.408 e. The molecular formula is C24H23N5O3S. The molecule has 0 aliphatic rings. The van der Waals surface area contributed by atoms with Gasteiger partial charge in [-0.3, -0.25) is 4.79 Å². The van der Waals surface area contributed by atoms with E-state index in [0.717, 1.165) is 21.2 Å². The Hall–Kier alpha value is -3.72. The molecule has 1 unspecified atom stereocenters. The molecule has 0 radical (unpaired) electrons. The molecule has 9 heteroatoms. The zero-order valence-electron chi connectivity index (χ0n) is 18.0. The number of nitrogens with zero attached hydrogens (tertiary/aromatic N) is 4. The first-order valence-electron chi connectivity index (χ1n) is 10.6. The minimum Gasteiger partial charge on any atom is -0.445 e. The van der Waals surface area contributed by atoms with Gasteiger partial charge in [-0.25, -0.2) is 9.48 Å². The van der Waals surface area contributed by atoms with E-state index in [1.807, 2.05) is 79.7 Å². The van der Waals surface area contributed by atoms with Crippen molar-refractivity contribution in [3.63, 3.8) is 0 Å². The maximum Gasteiger partial charge on any atom is 0.408 e. The Morgan fingerprint density at radius 1 is 1.03 bits per heavy atom. The van der Waals surface area contributed by atoms with Crippen molar-refractivity contribution in [2.75, 3.05) is 0 Å². The zero-order valence-corrected chi connectivity index (χ0v) is 18.9. The molecule has 1 heterocycles. The summed E-state index contributed by atoms with van der Waals surface area (Å²) in [6.45, 7) is 1.90. The molecular weight excluding hydrogens is 438 g/mol. The predicted octanol–water partition coefficient (Wildman–Crippen LogP) is 4.25. The molecule has 8 nitrogen and oxygen atoms in total. The van der Waals surface area contributed by atoms with Crippen molar-refractivity contribution in [3.05, 3.63) is 78.4 Å². The van der Waals surface area contributed by atoms with Gasteiger partial charge in [0.15, 0.2) is 5.78 Å². The molecule has 4 rings (SSSR count). The van der Waals surface area contributed by atoms with Crippen molar-refractivity contribution in [1.29, 1.82) is 0 Å². The fraction of sp³-hybridized carbons (Fsp3) is 0.208. The van der Waals surface area contributed by atoms with Crippen LogP contribution in [0.4, 0.5) is 4.79 Å². The molecule has 0 bridgehead atoms. The second kappa shape index (κ2) is 10.7. The molecule has 0 saturated heterocycles. The summed E-state index contributed by atoms with van der Waals surface area (Å²) >= 11 is 1.39. The van der Waals surface area contributed by atoms with Crippen LogP contribution in [0, 0.1) is 0 Å². The van der Waals surface area contributed by atoms with E-state index in [1.54, 1.807) is 0 Å². The van der Waals surface area contributed by atoms with E-state index < -0.39 is 12.1 Å². The van der Waals surface area contributed by atoms with Crippen LogP contribution in [0.5, 0.6) is 0 Å². The summed E-state index contributed by atoms with van der Waals surface area (Å²) in [6, 6.07) is 22.7. The first kappa shape index (κ1) is 22.5. The van der Waals surface area contributed by atoms with Crippen molar-refractivity contribution in [3.8, 4) is 0 Å². The molecule has 0 spiro atoms. The van der Waals surface area contributed by atoms with Gasteiger partial charge in [0.05, 0.1) is 6.04 Å². The second-order valence-corrected chi connectivity index (χ2v) is 8.34. The van der Waals surface area contributed by atoms with E-state index >= 15 is 0 Å². The third-order valence-electron chi connectivity index (χ3n) is 5.06. The molecule has 4 aromatic rings.